The van der Waals surface area contributed by atoms with E-state index in [1.165, 1.54) is 38.5 Å². The number of rotatable bonds is 2. The van der Waals surface area contributed by atoms with E-state index in [1.54, 1.807) is 5.57 Å². The standard InChI is InChI=1S/C23H36O2/c1-15(24)22(3)12-10-20-18-7-6-16-14-17(25-5)8-11-21(16,2)19(18)9-13-23(20,22)4/h6,17-20H,7-14H2,1-5H3/t17-,18+,19-,20-,21-,22+,23-/m0/s1. The normalized spacial score (nSPS) is 52.0. The van der Waals surface area contributed by atoms with Gasteiger partial charge < -0.3 is 4.74 Å². The summed E-state index contributed by atoms with van der Waals surface area (Å²) in [6, 6.07) is 0. The van der Waals surface area contributed by atoms with Crippen molar-refractivity contribution >= 4 is 5.78 Å². The SMILES string of the molecule is CO[C@H]1CC[C@@]2(C)C(=CC[C@@H]3[C@@H]2CC[C@@]2(C)[C@H]3CC[C@]2(C)C(C)=O)C1. The Hall–Kier alpha value is -0.630. The van der Waals surface area contributed by atoms with Crippen LogP contribution in [0, 0.1) is 34.0 Å². The summed E-state index contributed by atoms with van der Waals surface area (Å²) in [6.07, 6.45) is 12.8. The lowest BCUT2D eigenvalue weighted by molar-refractivity contribution is -0.138. The molecule has 0 bridgehead atoms. The number of allylic oxidation sites excluding steroid dienone is 1. The van der Waals surface area contributed by atoms with E-state index in [4.69, 9.17) is 4.74 Å². The van der Waals surface area contributed by atoms with Gasteiger partial charge in [-0.05, 0) is 86.9 Å². The molecule has 0 aromatic carbocycles. The second-order valence-electron chi connectivity index (χ2n) is 10.2. The quantitative estimate of drug-likeness (QED) is 0.613. The van der Waals surface area contributed by atoms with Gasteiger partial charge in [-0.1, -0.05) is 32.4 Å². The number of hydrogen-bond acceptors (Lipinski definition) is 2. The van der Waals surface area contributed by atoms with Gasteiger partial charge in [-0.2, -0.15) is 0 Å². The molecule has 2 heteroatoms. The molecule has 4 rings (SSSR count). The van der Waals surface area contributed by atoms with Gasteiger partial charge in [-0.25, -0.2) is 0 Å². The fraction of sp³-hybridized carbons (Fsp3) is 0.870. The summed E-state index contributed by atoms with van der Waals surface area (Å²) in [6.45, 7) is 9.10. The van der Waals surface area contributed by atoms with Crippen molar-refractivity contribution in [2.24, 2.45) is 34.0 Å². The van der Waals surface area contributed by atoms with Crippen LogP contribution in [0.25, 0.3) is 0 Å². The van der Waals surface area contributed by atoms with Crippen LogP contribution < -0.4 is 0 Å². The molecule has 140 valence electrons. The minimum atomic E-state index is -0.0960. The lowest BCUT2D eigenvalue weighted by Gasteiger charge is -2.59. The van der Waals surface area contributed by atoms with E-state index in [0.29, 0.717) is 17.3 Å². The molecule has 0 aliphatic heterocycles. The zero-order chi connectivity index (χ0) is 18.0. The largest absolute Gasteiger partial charge is 0.381 e. The Morgan fingerprint density at radius 3 is 2.48 bits per heavy atom. The number of ether oxygens (including phenoxy) is 1. The number of hydrogen-bond donors (Lipinski definition) is 0. The number of ketones is 1. The van der Waals surface area contributed by atoms with E-state index in [-0.39, 0.29) is 10.8 Å². The highest BCUT2D eigenvalue weighted by molar-refractivity contribution is 5.83. The molecule has 2 nitrogen and oxygen atoms in total. The van der Waals surface area contributed by atoms with Crippen molar-refractivity contribution in [2.75, 3.05) is 7.11 Å². The molecule has 0 aromatic rings. The molecule has 3 fully saturated rings. The number of methoxy groups -OCH3 is 1. The second-order valence-corrected chi connectivity index (χ2v) is 10.2. The Kier molecular flexibility index (Phi) is 4.04. The number of carbonyl (C=O) groups excluding carboxylic acids is 1. The van der Waals surface area contributed by atoms with Crippen molar-refractivity contribution in [1.82, 2.24) is 0 Å². The highest BCUT2D eigenvalue weighted by Crippen LogP contribution is 2.69. The molecule has 0 amide bonds. The van der Waals surface area contributed by atoms with Gasteiger partial charge in [0.2, 0.25) is 0 Å². The fourth-order valence-electron chi connectivity index (χ4n) is 7.67. The fourth-order valence-corrected chi connectivity index (χ4v) is 7.67. The predicted octanol–water partition coefficient (Wildman–Crippen LogP) is 5.56. The molecule has 0 aromatic heterocycles. The van der Waals surface area contributed by atoms with E-state index >= 15 is 0 Å². The Bertz CT molecular complexity index is 607. The monoisotopic (exact) mass is 344 g/mol. The maximum Gasteiger partial charge on any atom is 0.136 e. The van der Waals surface area contributed by atoms with Crippen LogP contribution >= 0.6 is 0 Å². The van der Waals surface area contributed by atoms with Gasteiger partial charge >= 0.3 is 0 Å². The van der Waals surface area contributed by atoms with E-state index in [2.05, 4.69) is 26.8 Å². The van der Waals surface area contributed by atoms with Crippen molar-refractivity contribution in [3.63, 3.8) is 0 Å². The molecule has 0 radical (unpaired) electrons. The van der Waals surface area contributed by atoms with Crippen molar-refractivity contribution < 1.29 is 9.53 Å². The number of Topliss-reactive ketones (excluding diaryl/α,β-unsaturated/α-hetero) is 1. The topological polar surface area (TPSA) is 26.3 Å². The van der Waals surface area contributed by atoms with Crippen LogP contribution in [-0.4, -0.2) is 19.0 Å². The highest BCUT2D eigenvalue weighted by Gasteiger charge is 2.63. The summed E-state index contributed by atoms with van der Waals surface area (Å²) in [5, 5.41) is 0. The molecule has 4 aliphatic rings. The molecule has 25 heavy (non-hydrogen) atoms. The van der Waals surface area contributed by atoms with E-state index in [9.17, 15) is 4.79 Å². The van der Waals surface area contributed by atoms with Crippen LogP contribution in [0.1, 0.15) is 79.1 Å². The van der Waals surface area contributed by atoms with Gasteiger partial charge in [0.1, 0.15) is 5.78 Å². The van der Waals surface area contributed by atoms with E-state index in [0.717, 1.165) is 30.6 Å². The molecule has 3 saturated carbocycles. The van der Waals surface area contributed by atoms with Gasteiger partial charge in [0.15, 0.2) is 0 Å². The Morgan fingerprint density at radius 2 is 1.80 bits per heavy atom. The third kappa shape index (κ3) is 2.22. The highest BCUT2D eigenvalue weighted by atomic mass is 16.5. The van der Waals surface area contributed by atoms with E-state index < -0.39 is 0 Å². The van der Waals surface area contributed by atoms with Crippen LogP contribution in [0.3, 0.4) is 0 Å². The van der Waals surface area contributed by atoms with Crippen LogP contribution in [0.5, 0.6) is 0 Å². The third-order valence-corrected chi connectivity index (χ3v) is 9.77. The first-order chi connectivity index (χ1) is 11.8. The molecule has 7 atom stereocenters. The van der Waals surface area contributed by atoms with Gasteiger partial charge in [-0.15, -0.1) is 0 Å². The molecule has 0 saturated heterocycles. The van der Waals surface area contributed by atoms with Crippen LogP contribution in [0.4, 0.5) is 0 Å². The first-order valence-corrected chi connectivity index (χ1v) is 10.5. The van der Waals surface area contributed by atoms with Crippen LogP contribution in [0.15, 0.2) is 11.6 Å². The zero-order valence-electron chi connectivity index (χ0n) is 16.9. The average molecular weight is 345 g/mol. The Morgan fingerprint density at radius 1 is 1.08 bits per heavy atom. The summed E-state index contributed by atoms with van der Waals surface area (Å²) in [7, 11) is 1.87. The van der Waals surface area contributed by atoms with Gasteiger partial charge in [0.25, 0.3) is 0 Å². The minimum absolute atomic E-state index is 0.0960. The first kappa shape index (κ1) is 17.8. The lowest BCUT2D eigenvalue weighted by atomic mass is 9.45. The minimum Gasteiger partial charge on any atom is -0.381 e. The maximum atomic E-state index is 12.5. The second kappa shape index (κ2) is 5.68. The molecule has 0 spiro atoms. The van der Waals surface area contributed by atoms with Crippen LogP contribution in [-0.2, 0) is 9.53 Å². The zero-order valence-corrected chi connectivity index (χ0v) is 16.9. The molecule has 0 N–H and O–H groups in total. The molecule has 0 unspecified atom stereocenters. The number of carbonyl (C=O) groups is 1. The van der Waals surface area contributed by atoms with Crippen molar-refractivity contribution in [1.29, 1.82) is 0 Å². The molecular formula is C23H36O2. The lowest BCUT2D eigenvalue weighted by Crippen LogP contribution is -2.53. The smallest absolute Gasteiger partial charge is 0.136 e. The van der Waals surface area contributed by atoms with E-state index in [1.807, 2.05) is 14.0 Å². The number of fused-ring (bicyclic) bond motifs is 5. The third-order valence-electron chi connectivity index (χ3n) is 9.77. The first-order valence-electron chi connectivity index (χ1n) is 10.5. The van der Waals surface area contributed by atoms with Gasteiger partial charge in [0, 0.05) is 12.5 Å². The Balaban J connectivity index is 1.66. The summed E-state index contributed by atoms with van der Waals surface area (Å²) >= 11 is 0. The Labute approximate surface area is 153 Å². The molecule has 4 aliphatic carbocycles. The summed E-state index contributed by atoms with van der Waals surface area (Å²) < 4.78 is 5.68. The van der Waals surface area contributed by atoms with Crippen molar-refractivity contribution in [2.45, 2.75) is 85.2 Å². The molecule has 0 heterocycles. The summed E-state index contributed by atoms with van der Waals surface area (Å²) in [4.78, 5) is 12.5. The van der Waals surface area contributed by atoms with Crippen molar-refractivity contribution in [3.05, 3.63) is 11.6 Å². The van der Waals surface area contributed by atoms with Crippen molar-refractivity contribution in [3.8, 4) is 0 Å². The summed E-state index contributed by atoms with van der Waals surface area (Å²) in [5.41, 5.74) is 2.18. The van der Waals surface area contributed by atoms with Gasteiger partial charge in [-0.3, -0.25) is 4.79 Å². The maximum absolute atomic E-state index is 12.5. The van der Waals surface area contributed by atoms with Crippen LogP contribution in [0.2, 0.25) is 0 Å². The van der Waals surface area contributed by atoms with Gasteiger partial charge in [0.05, 0.1) is 6.10 Å². The molecular weight excluding hydrogens is 308 g/mol. The summed E-state index contributed by atoms with van der Waals surface area (Å²) in [5.74, 6) is 2.76. The predicted molar refractivity (Wildman–Crippen MR) is 101 cm³/mol. The average Bonchev–Trinajstić information content (AvgIpc) is 2.87.